The largest absolute Gasteiger partial charge is 0.452 e. The van der Waals surface area contributed by atoms with Crippen molar-refractivity contribution in [3.63, 3.8) is 0 Å². The molecular weight excluding hydrogens is 771 g/mol. The molecule has 4 aromatic heterocycles. The fourth-order valence-corrected chi connectivity index (χ4v) is 9.47. The fourth-order valence-electron chi connectivity index (χ4n) is 9.47. The van der Waals surface area contributed by atoms with Gasteiger partial charge in [-0.05, 0) is 53.6 Å². The molecule has 0 fully saturated rings. The third kappa shape index (κ3) is 5.55. The highest BCUT2D eigenvalue weighted by atomic mass is 16.3. The summed E-state index contributed by atoms with van der Waals surface area (Å²) in [6.45, 7) is 0. The highest BCUT2D eigenvalue weighted by Crippen LogP contribution is 2.44. The van der Waals surface area contributed by atoms with Crippen molar-refractivity contribution in [2.24, 2.45) is 0 Å². The summed E-state index contributed by atoms with van der Waals surface area (Å²) in [6.07, 6.45) is 0. The van der Waals surface area contributed by atoms with E-state index < -0.39 is 0 Å². The smallest absolute Gasteiger partial charge is 0.164 e. The van der Waals surface area contributed by atoms with Crippen molar-refractivity contribution in [3.8, 4) is 56.7 Å². The molecule has 4 heterocycles. The molecule has 13 rings (SSSR count). The Labute approximate surface area is 361 Å². The molecule has 0 aliphatic heterocycles. The summed E-state index contributed by atoms with van der Waals surface area (Å²) in [5.41, 5.74) is 13.1. The predicted octanol–water partition coefficient (Wildman–Crippen LogP) is 14.6. The molecule has 0 N–H and O–H groups in total. The van der Waals surface area contributed by atoms with Gasteiger partial charge in [-0.25, -0.2) is 15.0 Å². The molecule has 0 bridgehead atoms. The summed E-state index contributed by atoms with van der Waals surface area (Å²) in [5.74, 6) is 1.84. The van der Waals surface area contributed by atoms with Crippen molar-refractivity contribution in [2.75, 3.05) is 0 Å². The van der Waals surface area contributed by atoms with E-state index in [0.29, 0.717) is 17.5 Å². The van der Waals surface area contributed by atoms with Gasteiger partial charge in [0.15, 0.2) is 28.6 Å². The van der Waals surface area contributed by atoms with Crippen molar-refractivity contribution in [1.29, 1.82) is 0 Å². The summed E-state index contributed by atoms with van der Waals surface area (Å²) >= 11 is 0. The van der Waals surface area contributed by atoms with E-state index in [-0.39, 0.29) is 0 Å². The Morgan fingerprint density at radius 3 is 1.44 bits per heavy atom. The number of rotatable bonds is 6. The molecule has 0 aliphatic carbocycles. The first-order chi connectivity index (χ1) is 31.2. The van der Waals surface area contributed by atoms with Gasteiger partial charge in [0.1, 0.15) is 0 Å². The van der Waals surface area contributed by atoms with Crippen molar-refractivity contribution < 1.29 is 4.42 Å². The number of aromatic nitrogens is 5. The van der Waals surface area contributed by atoms with E-state index in [1.807, 2.05) is 36.4 Å². The maximum Gasteiger partial charge on any atom is 0.164 e. The van der Waals surface area contributed by atoms with Crippen LogP contribution in [0.25, 0.3) is 122 Å². The highest BCUT2D eigenvalue weighted by Gasteiger charge is 2.23. The molecule has 294 valence electrons. The molecule has 0 radical (unpaired) electrons. The summed E-state index contributed by atoms with van der Waals surface area (Å²) in [4.78, 5) is 15.3. The monoisotopic (exact) mass is 805 g/mol. The number of hydrogen-bond acceptors (Lipinski definition) is 4. The van der Waals surface area contributed by atoms with Crippen LogP contribution in [0.15, 0.2) is 217 Å². The number of hydrogen-bond donors (Lipinski definition) is 0. The number of nitrogens with zero attached hydrogens (tertiary/aromatic N) is 5. The maximum atomic E-state index is 7.22. The van der Waals surface area contributed by atoms with Crippen LogP contribution < -0.4 is 0 Å². The third-order valence-electron chi connectivity index (χ3n) is 12.4. The lowest BCUT2D eigenvalue weighted by atomic mass is 10.0. The normalized spacial score (nSPS) is 11.8. The molecule has 0 atom stereocenters. The third-order valence-corrected chi connectivity index (χ3v) is 12.4. The van der Waals surface area contributed by atoms with E-state index in [1.165, 1.54) is 10.8 Å². The first kappa shape index (κ1) is 35.2. The van der Waals surface area contributed by atoms with Gasteiger partial charge in [-0.2, -0.15) is 0 Å². The molecule has 0 spiro atoms. The van der Waals surface area contributed by atoms with Gasteiger partial charge < -0.3 is 13.6 Å². The zero-order chi connectivity index (χ0) is 41.4. The van der Waals surface area contributed by atoms with Crippen LogP contribution in [0.1, 0.15) is 0 Å². The topological polar surface area (TPSA) is 61.7 Å². The minimum absolute atomic E-state index is 0.599. The van der Waals surface area contributed by atoms with Crippen molar-refractivity contribution in [3.05, 3.63) is 212 Å². The lowest BCUT2D eigenvalue weighted by Crippen LogP contribution is -2.00. The van der Waals surface area contributed by atoms with Gasteiger partial charge in [-0.3, -0.25) is 0 Å². The van der Waals surface area contributed by atoms with Gasteiger partial charge in [0.05, 0.1) is 27.8 Å². The summed E-state index contributed by atoms with van der Waals surface area (Å²) < 4.78 is 11.9. The number of furan rings is 1. The number of fused-ring (bicyclic) bond motifs is 10. The molecule has 6 heteroatoms. The summed E-state index contributed by atoms with van der Waals surface area (Å²) in [5, 5.41) is 6.77. The molecular formula is C57H35N5O. The van der Waals surface area contributed by atoms with Crippen LogP contribution in [0.3, 0.4) is 0 Å². The Morgan fingerprint density at radius 2 is 0.762 bits per heavy atom. The van der Waals surface area contributed by atoms with E-state index in [4.69, 9.17) is 19.4 Å². The van der Waals surface area contributed by atoms with Gasteiger partial charge in [-0.15, -0.1) is 0 Å². The molecule has 13 aromatic rings. The standard InChI is InChI=1S/C57H35N5O/c1-4-15-36(16-5-1)37-27-29-39(30-28-37)56-58-55(38-17-6-2-7-18-38)59-57(60-56)40-31-32-44-45-33-34-47-46-23-14-26-50(62-48-24-12-10-21-42(48)43-22-11-13-25-49(43)62)53(46)63-54(47)52(45)61(51(44)35-40)41-19-8-3-9-20-41/h1-35H. The van der Waals surface area contributed by atoms with E-state index in [0.717, 1.165) is 94.0 Å². The molecule has 0 aliphatic rings. The Kier molecular flexibility index (Phi) is 7.80. The van der Waals surface area contributed by atoms with Crippen LogP contribution in [-0.4, -0.2) is 24.1 Å². The van der Waals surface area contributed by atoms with Crippen molar-refractivity contribution in [1.82, 2.24) is 24.1 Å². The Bertz CT molecular complexity index is 3830. The van der Waals surface area contributed by atoms with Gasteiger partial charge in [0, 0.05) is 54.7 Å². The predicted molar refractivity (Wildman–Crippen MR) is 258 cm³/mol. The zero-order valence-electron chi connectivity index (χ0n) is 33.9. The lowest BCUT2D eigenvalue weighted by molar-refractivity contribution is 0.668. The van der Waals surface area contributed by atoms with E-state index >= 15 is 0 Å². The molecule has 0 amide bonds. The van der Waals surface area contributed by atoms with Crippen LogP contribution in [0.2, 0.25) is 0 Å². The molecule has 9 aromatic carbocycles. The molecule has 0 saturated heterocycles. The van der Waals surface area contributed by atoms with Gasteiger partial charge >= 0.3 is 0 Å². The Balaban J connectivity index is 1.04. The zero-order valence-corrected chi connectivity index (χ0v) is 33.9. The molecule has 0 unspecified atom stereocenters. The molecule has 63 heavy (non-hydrogen) atoms. The summed E-state index contributed by atoms with van der Waals surface area (Å²) in [7, 11) is 0. The quantitative estimate of drug-likeness (QED) is 0.168. The molecule has 0 saturated carbocycles. The van der Waals surface area contributed by atoms with E-state index in [9.17, 15) is 0 Å². The fraction of sp³-hybridized carbons (Fsp3) is 0. The van der Waals surface area contributed by atoms with Crippen LogP contribution in [0.5, 0.6) is 0 Å². The average Bonchev–Trinajstić information content (AvgIpc) is 4.02. The second kappa shape index (κ2) is 14.0. The number of benzene rings is 9. The maximum absolute atomic E-state index is 7.22. The van der Waals surface area contributed by atoms with Gasteiger partial charge in [0.2, 0.25) is 0 Å². The first-order valence-corrected chi connectivity index (χ1v) is 21.2. The van der Waals surface area contributed by atoms with E-state index in [1.54, 1.807) is 0 Å². The van der Waals surface area contributed by atoms with Crippen molar-refractivity contribution in [2.45, 2.75) is 0 Å². The second-order valence-electron chi connectivity index (χ2n) is 16.0. The van der Waals surface area contributed by atoms with Crippen LogP contribution in [0.4, 0.5) is 0 Å². The number of para-hydroxylation sites is 4. The van der Waals surface area contributed by atoms with Crippen molar-refractivity contribution >= 4 is 65.6 Å². The Hall–Kier alpha value is -8.61. The molecule has 6 nitrogen and oxygen atoms in total. The second-order valence-corrected chi connectivity index (χ2v) is 16.0. The minimum atomic E-state index is 0.599. The SMILES string of the molecule is c1ccc(-c2ccc(-c3nc(-c4ccccc4)nc(-c4ccc5c6ccc7c8cccc(-n9c%10ccccc%10c%10ccccc%109)c8oc7c6n(-c6ccccc6)c5c4)n3)cc2)cc1. The first-order valence-electron chi connectivity index (χ1n) is 21.2. The van der Waals surface area contributed by atoms with Crippen LogP contribution >= 0.6 is 0 Å². The van der Waals surface area contributed by atoms with Crippen LogP contribution in [-0.2, 0) is 0 Å². The van der Waals surface area contributed by atoms with Crippen LogP contribution in [0, 0.1) is 0 Å². The van der Waals surface area contributed by atoms with Gasteiger partial charge in [0.25, 0.3) is 0 Å². The van der Waals surface area contributed by atoms with Gasteiger partial charge in [-0.1, -0.05) is 170 Å². The minimum Gasteiger partial charge on any atom is -0.452 e. The highest BCUT2D eigenvalue weighted by molar-refractivity contribution is 6.23. The van der Waals surface area contributed by atoms with E-state index in [2.05, 4.69) is 185 Å². The average molecular weight is 806 g/mol. The Morgan fingerprint density at radius 1 is 0.302 bits per heavy atom. The lowest BCUT2D eigenvalue weighted by Gasteiger charge is -2.11. The summed E-state index contributed by atoms with van der Waals surface area (Å²) in [6, 6.07) is 74.3.